The molecule has 1 aliphatic rings. The van der Waals surface area contributed by atoms with Crippen LogP contribution in [0.2, 0.25) is 5.02 Å². The van der Waals surface area contributed by atoms with Crippen LogP contribution in [0.4, 0.5) is 5.95 Å². The van der Waals surface area contributed by atoms with Crippen LogP contribution in [-0.2, 0) is 22.5 Å². The van der Waals surface area contributed by atoms with Crippen LogP contribution in [0.1, 0.15) is 11.3 Å². The van der Waals surface area contributed by atoms with Crippen molar-refractivity contribution in [3.8, 4) is 0 Å². The van der Waals surface area contributed by atoms with Crippen molar-refractivity contribution < 1.29 is 9.53 Å². The Bertz CT molecular complexity index is 845. The number of amides is 1. The van der Waals surface area contributed by atoms with Gasteiger partial charge in [0.2, 0.25) is 11.9 Å². The number of benzene rings is 1. The first-order chi connectivity index (χ1) is 13.0. The van der Waals surface area contributed by atoms with E-state index in [1.165, 1.54) is 10.6 Å². The number of aromatic nitrogens is 2. The third-order valence-corrected chi connectivity index (χ3v) is 4.61. The number of anilines is 1. The fourth-order valence-corrected chi connectivity index (χ4v) is 3.08. The van der Waals surface area contributed by atoms with Gasteiger partial charge in [0.25, 0.3) is 5.56 Å². The Balaban J connectivity index is 1.64. The molecular weight excluding hydrogens is 368 g/mol. The molecule has 7 nitrogen and oxygen atoms in total. The second-order valence-corrected chi connectivity index (χ2v) is 6.88. The van der Waals surface area contributed by atoms with Gasteiger partial charge in [0.1, 0.15) is 6.54 Å². The average Bonchev–Trinajstić information content (AvgIpc) is 2.66. The van der Waals surface area contributed by atoms with Crippen LogP contribution < -0.4 is 15.8 Å². The first-order valence-electron chi connectivity index (χ1n) is 8.95. The maximum atomic E-state index is 12.4. The lowest BCUT2D eigenvalue weighted by Gasteiger charge is -2.29. The van der Waals surface area contributed by atoms with E-state index in [4.69, 9.17) is 16.3 Å². The molecule has 1 aliphatic heterocycles. The highest BCUT2D eigenvalue weighted by atomic mass is 35.5. The molecule has 1 N–H and O–H groups in total. The molecule has 27 heavy (non-hydrogen) atoms. The Hall–Kier alpha value is -2.38. The summed E-state index contributed by atoms with van der Waals surface area (Å²) < 4.78 is 6.79. The molecule has 144 valence electrons. The van der Waals surface area contributed by atoms with Gasteiger partial charge in [0, 0.05) is 36.4 Å². The lowest BCUT2D eigenvalue weighted by Crippen LogP contribution is -2.42. The molecule has 8 heteroatoms. The molecule has 1 aromatic carbocycles. The summed E-state index contributed by atoms with van der Waals surface area (Å²) in [5.41, 5.74) is 1.50. The van der Waals surface area contributed by atoms with Gasteiger partial charge in [-0.1, -0.05) is 23.7 Å². The molecule has 0 spiro atoms. The van der Waals surface area contributed by atoms with Crippen molar-refractivity contribution >= 4 is 23.5 Å². The molecule has 3 rings (SSSR count). The molecule has 1 amide bonds. The van der Waals surface area contributed by atoms with E-state index in [0.29, 0.717) is 55.9 Å². The minimum Gasteiger partial charge on any atom is -0.378 e. The van der Waals surface area contributed by atoms with Crippen LogP contribution in [-0.4, -0.2) is 48.3 Å². The Morgan fingerprint density at radius 1 is 1.26 bits per heavy atom. The van der Waals surface area contributed by atoms with Crippen molar-refractivity contribution in [2.45, 2.75) is 19.9 Å². The Morgan fingerprint density at radius 3 is 2.67 bits per heavy atom. The minimum atomic E-state index is -0.225. The van der Waals surface area contributed by atoms with Gasteiger partial charge in [0.05, 0.1) is 13.2 Å². The second kappa shape index (κ2) is 9.01. The fraction of sp³-hybridized carbons (Fsp3) is 0.421. The molecule has 1 fully saturated rings. The van der Waals surface area contributed by atoms with Gasteiger partial charge < -0.3 is 15.0 Å². The number of carbonyl (C=O) groups excluding carboxylic acids is 1. The smallest absolute Gasteiger partial charge is 0.255 e. The van der Waals surface area contributed by atoms with Crippen LogP contribution in [0.25, 0.3) is 0 Å². The zero-order chi connectivity index (χ0) is 19.2. The standard InChI is InChI=1S/C19H23ClN4O3/c1-14-12-18(26)24(19(22-14)23-8-10-27-11-9-23)13-17(25)21-7-6-15-2-4-16(20)5-3-15/h2-5,12H,6-11,13H2,1H3,(H,21,25). The Kier molecular flexibility index (Phi) is 6.47. The van der Waals surface area contributed by atoms with Crippen molar-refractivity contribution in [2.24, 2.45) is 0 Å². The molecule has 0 unspecified atom stereocenters. The van der Waals surface area contributed by atoms with Gasteiger partial charge in [-0.05, 0) is 31.0 Å². The Morgan fingerprint density at radius 2 is 1.96 bits per heavy atom. The van der Waals surface area contributed by atoms with E-state index in [9.17, 15) is 9.59 Å². The maximum Gasteiger partial charge on any atom is 0.255 e. The topological polar surface area (TPSA) is 76.5 Å². The summed E-state index contributed by atoms with van der Waals surface area (Å²) in [6, 6.07) is 8.96. The lowest BCUT2D eigenvalue weighted by atomic mass is 10.1. The van der Waals surface area contributed by atoms with Crippen molar-refractivity contribution in [3.63, 3.8) is 0 Å². The summed E-state index contributed by atoms with van der Waals surface area (Å²) in [6.07, 6.45) is 0.695. The van der Waals surface area contributed by atoms with Crippen LogP contribution in [0.15, 0.2) is 35.1 Å². The van der Waals surface area contributed by atoms with Gasteiger partial charge in [-0.25, -0.2) is 4.98 Å². The zero-order valence-electron chi connectivity index (χ0n) is 15.3. The molecular formula is C19H23ClN4O3. The lowest BCUT2D eigenvalue weighted by molar-refractivity contribution is -0.121. The van der Waals surface area contributed by atoms with E-state index in [2.05, 4.69) is 10.3 Å². The molecule has 2 aromatic rings. The summed E-state index contributed by atoms with van der Waals surface area (Å²) in [4.78, 5) is 31.3. The fourth-order valence-electron chi connectivity index (χ4n) is 2.96. The third kappa shape index (κ3) is 5.30. The zero-order valence-corrected chi connectivity index (χ0v) is 16.0. The van der Waals surface area contributed by atoms with Crippen molar-refractivity contribution in [1.82, 2.24) is 14.9 Å². The van der Waals surface area contributed by atoms with Gasteiger partial charge >= 0.3 is 0 Å². The van der Waals surface area contributed by atoms with Crippen molar-refractivity contribution in [1.29, 1.82) is 0 Å². The number of nitrogens with zero attached hydrogens (tertiary/aromatic N) is 3. The van der Waals surface area contributed by atoms with Gasteiger partial charge in [0.15, 0.2) is 0 Å². The number of halogens is 1. The molecule has 0 atom stereocenters. The minimum absolute atomic E-state index is 0.0561. The number of morpholine rings is 1. The van der Waals surface area contributed by atoms with E-state index < -0.39 is 0 Å². The number of carbonyl (C=O) groups is 1. The highest BCUT2D eigenvalue weighted by molar-refractivity contribution is 6.30. The van der Waals surface area contributed by atoms with E-state index in [0.717, 1.165) is 5.56 Å². The molecule has 0 radical (unpaired) electrons. The van der Waals surface area contributed by atoms with E-state index in [1.54, 1.807) is 6.92 Å². The van der Waals surface area contributed by atoms with Crippen molar-refractivity contribution in [2.75, 3.05) is 37.7 Å². The normalized spacial score (nSPS) is 14.2. The molecule has 2 heterocycles. The number of rotatable bonds is 6. The number of aryl methyl sites for hydroxylation is 1. The SMILES string of the molecule is Cc1cc(=O)n(CC(=O)NCCc2ccc(Cl)cc2)c(N2CCOCC2)n1. The first kappa shape index (κ1) is 19.4. The molecule has 0 aliphatic carbocycles. The molecule has 1 saturated heterocycles. The predicted molar refractivity (Wildman–Crippen MR) is 104 cm³/mol. The third-order valence-electron chi connectivity index (χ3n) is 4.36. The van der Waals surface area contributed by atoms with E-state index in [1.807, 2.05) is 29.2 Å². The number of nitrogens with one attached hydrogen (secondary N) is 1. The van der Waals surface area contributed by atoms with Gasteiger partial charge in [-0.3, -0.25) is 14.2 Å². The largest absolute Gasteiger partial charge is 0.378 e. The van der Waals surface area contributed by atoms with Crippen LogP contribution in [0, 0.1) is 6.92 Å². The van der Waals surface area contributed by atoms with Crippen LogP contribution in [0.3, 0.4) is 0 Å². The first-order valence-corrected chi connectivity index (χ1v) is 9.33. The van der Waals surface area contributed by atoms with Gasteiger partial charge in [-0.15, -0.1) is 0 Å². The highest BCUT2D eigenvalue weighted by Crippen LogP contribution is 2.12. The average molecular weight is 391 g/mol. The summed E-state index contributed by atoms with van der Waals surface area (Å²) >= 11 is 5.87. The summed E-state index contributed by atoms with van der Waals surface area (Å²) in [5, 5.41) is 3.55. The van der Waals surface area contributed by atoms with Gasteiger partial charge in [-0.2, -0.15) is 0 Å². The van der Waals surface area contributed by atoms with E-state index in [-0.39, 0.29) is 18.0 Å². The summed E-state index contributed by atoms with van der Waals surface area (Å²) in [6.45, 7) is 4.67. The monoisotopic (exact) mass is 390 g/mol. The predicted octanol–water partition coefficient (Wildman–Crippen LogP) is 1.40. The maximum absolute atomic E-state index is 12.4. The number of ether oxygens (including phenoxy) is 1. The Labute approximate surface area is 162 Å². The summed E-state index contributed by atoms with van der Waals surface area (Å²) in [5.74, 6) is 0.308. The quantitative estimate of drug-likeness (QED) is 0.806. The van der Waals surface area contributed by atoms with Crippen LogP contribution >= 0.6 is 11.6 Å². The van der Waals surface area contributed by atoms with Crippen LogP contribution in [0.5, 0.6) is 0 Å². The number of hydrogen-bond donors (Lipinski definition) is 1. The molecule has 0 bridgehead atoms. The van der Waals surface area contributed by atoms with E-state index >= 15 is 0 Å². The summed E-state index contributed by atoms with van der Waals surface area (Å²) in [7, 11) is 0. The van der Waals surface area contributed by atoms with Crippen molar-refractivity contribution in [3.05, 3.63) is 57.0 Å². The molecule has 0 saturated carbocycles. The second-order valence-electron chi connectivity index (χ2n) is 6.45. The molecule has 1 aromatic heterocycles. The number of hydrogen-bond acceptors (Lipinski definition) is 5. The highest BCUT2D eigenvalue weighted by Gasteiger charge is 2.19.